The lowest BCUT2D eigenvalue weighted by Gasteiger charge is -2.25. The fourth-order valence-electron chi connectivity index (χ4n) is 1.49. The number of aliphatic carboxylic acids is 1. The van der Waals surface area contributed by atoms with Crippen LogP contribution in [-0.4, -0.2) is 22.5 Å². The number of carboxylic acid groups (broad SMARTS) is 1. The van der Waals surface area contributed by atoms with Gasteiger partial charge in [-0.1, -0.05) is 22.9 Å². The summed E-state index contributed by atoms with van der Waals surface area (Å²) in [6.07, 6.45) is 0.323. The van der Waals surface area contributed by atoms with Gasteiger partial charge in [0, 0.05) is 10.0 Å². The summed E-state index contributed by atoms with van der Waals surface area (Å²) in [6, 6.07) is 5.25. The van der Waals surface area contributed by atoms with Gasteiger partial charge in [0.05, 0.1) is 0 Å². The smallest absolute Gasteiger partial charge is 0.329 e. The second-order valence-corrected chi connectivity index (χ2v) is 5.32. The van der Waals surface area contributed by atoms with Crippen LogP contribution in [0.5, 0.6) is 0 Å². The van der Waals surface area contributed by atoms with Crippen molar-refractivity contribution >= 4 is 27.8 Å². The van der Waals surface area contributed by atoms with Crippen molar-refractivity contribution in [1.82, 2.24) is 5.32 Å². The molecule has 18 heavy (non-hydrogen) atoms. The van der Waals surface area contributed by atoms with Crippen LogP contribution in [0.4, 0.5) is 0 Å². The van der Waals surface area contributed by atoms with Crippen LogP contribution in [-0.2, 0) is 4.79 Å². The van der Waals surface area contributed by atoms with E-state index >= 15 is 0 Å². The number of rotatable bonds is 4. The molecule has 0 heterocycles. The summed E-state index contributed by atoms with van der Waals surface area (Å²) < 4.78 is 0.882. The number of aryl methyl sites for hydroxylation is 1. The first-order valence-corrected chi connectivity index (χ1v) is 6.41. The number of hydrogen-bond acceptors (Lipinski definition) is 2. The van der Waals surface area contributed by atoms with Crippen LogP contribution in [0, 0.1) is 6.92 Å². The third-order valence-electron chi connectivity index (χ3n) is 3.00. The Balaban J connectivity index is 2.98. The van der Waals surface area contributed by atoms with E-state index in [0.29, 0.717) is 12.0 Å². The van der Waals surface area contributed by atoms with Crippen molar-refractivity contribution in [2.24, 2.45) is 0 Å². The zero-order chi connectivity index (χ0) is 13.9. The van der Waals surface area contributed by atoms with Crippen LogP contribution in [0.1, 0.15) is 36.2 Å². The molecule has 1 aromatic rings. The van der Waals surface area contributed by atoms with Crippen LogP contribution in [0.3, 0.4) is 0 Å². The number of amides is 1. The van der Waals surface area contributed by atoms with Gasteiger partial charge in [-0.15, -0.1) is 0 Å². The van der Waals surface area contributed by atoms with Crippen molar-refractivity contribution < 1.29 is 14.7 Å². The number of carbonyl (C=O) groups is 2. The van der Waals surface area contributed by atoms with E-state index in [1.165, 1.54) is 6.92 Å². The molecule has 1 amide bonds. The second-order valence-electron chi connectivity index (χ2n) is 4.40. The zero-order valence-corrected chi connectivity index (χ0v) is 12.2. The van der Waals surface area contributed by atoms with Gasteiger partial charge < -0.3 is 10.4 Å². The van der Waals surface area contributed by atoms with E-state index in [4.69, 9.17) is 5.11 Å². The monoisotopic (exact) mass is 313 g/mol. The molecule has 0 bridgehead atoms. The van der Waals surface area contributed by atoms with Crippen molar-refractivity contribution in [2.45, 2.75) is 32.7 Å². The lowest BCUT2D eigenvalue weighted by atomic mass is 9.98. The van der Waals surface area contributed by atoms with Crippen LogP contribution < -0.4 is 5.32 Å². The number of hydrogen-bond donors (Lipinski definition) is 2. The Morgan fingerprint density at radius 3 is 2.50 bits per heavy atom. The Bertz CT molecular complexity index is 487. The Morgan fingerprint density at radius 2 is 2.06 bits per heavy atom. The van der Waals surface area contributed by atoms with Crippen LogP contribution in [0.2, 0.25) is 0 Å². The van der Waals surface area contributed by atoms with E-state index < -0.39 is 11.5 Å². The molecule has 0 aliphatic heterocycles. The molecule has 1 rings (SSSR count). The average molecular weight is 314 g/mol. The molecular weight excluding hydrogens is 298 g/mol. The lowest BCUT2D eigenvalue weighted by Crippen LogP contribution is -2.51. The third-order valence-corrected chi connectivity index (χ3v) is 3.49. The van der Waals surface area contributed by atoms with Gasteiger partial charge in [-0.25, -0.2) is 4.79 Å². The van der Waals surface area contributed by atoms with Crippen LogP contribution >= 0.6 is 15.9 Å². The highest BCUT2D eigenvalue weighted by Crippen LogP contribution is 2.17. The minimum atomic E-state index is -1.24. The number of benzene rings is 1. The van der Waals surface area contributed by atoms with Crippen LogP contribution in [0.15, 0.2) is 22.7 Å². The fourth-order valence-corrected chi connectivity index (χ4v) is 1.97. The Hall–Kier alpha value is -1.36. The molecule has 0 aliphatic rings. The number of carboxylic acids is 1. The summed E-state index contributed by atoms with van der Waals surface area (Å²) in [5, 5.41) is 11.7. The van der Waals surface area contributed by atoms with Gasteiger partial charge in [0.15, 0.2) is 0 Å². The SMILES string of the molecule is CCC(C)(NC(=O)c1ccc(Br)cc1C)C(=O)O. The van der Waals surface area contributed by atoms with E-state index in [1.807, 2.05) is 13.0 Å². The topological polar surface area (TPSA) is 66.4 Å². The number of nitrogens with one attached hydrogen (secondary N) is 1. The average Bonchev–Trinajstić information content (AvgIpc) is 2.28. The van der Waals surface area contributed by atoms with Gasteiger partial charge in [-0.3, -0.25) is 4.79 Å². The molecule has 5 heteroatoms. The van der Waals surface area contributed by atoms with E-state index in [1.54, 1.807) is 19.1 Å². The van der Waals surface area contributed by atoms with Gasteiger partial charge in [0.1, 0.15) is 5.54 Å². The molecule has 0 fully saturated rings. The molecule has 4 nitrogen and oxygen atoms in total. The summed E-state index contributed by atoms with van der Waals surface area (Å²) >= 11 is 3.32. The highest BCUT2D eigenvalue weighted by atomic mass is 79.9. The molecule has 0 spiro atoms. The van der Waals surface area contributed by atoms with E-state index in [2.05, 4.69) is 21.2 Å². The fraction of sp³-hybridized carbons (Fsp3) is 0.385. The molecule has 98 valence electrons. The minimum Gasteiger partial charge on any atom is -0.480 e. The summed E-state index contributed by atoms with van der Waals surface area (Å²) in [7, 11) is 0. The molecule has 0 saturated carbocycles. The first-order valence-electron chi connectivity index (χ1n) is 5.62. The predicted octanol–water partition coefficient (Wildman–Crippen LogP) is 2.74. The number of carbonyl (C=O) groups excluding carboxylic acids is 1. The zero-order valence-electron chi connectivity index (χ0n) is 10.6. The molecule has 0 radical (unpaired) electrons. The minimum absolute atomic E-state index is 0.323. The Kier molecular flexibility index (Phi) is 4.51. The molecule has 2 N–H and O–H groups in total. The lowest BCUT2D eigenvalue weighted by molar-refractivity contribution is -0.143. The largest absolute Gasteiger partial charge is 0.480 e. The molecule has 0 aromatic heterocycles. The van der Waals surface area contributed by atoms with Crippen molar-refractivity contribution in [3.63, 3.8) is 0 Å². The van der Waals surface area contributed by atoms with Gasteiger partial charge >= 0.3 is 5.97 Å². The van der Waals surface area contributed by atoms with E-state index in [9.17, 15) is 9.59 Å². The maximum atomic E-state index is 12.1. The van der Waals surface area contributed by atoms with Crippen molar-refractivity contribution in [3.05, 3.63) is 33.8 Å². The van der Waals surface area contributed by atoms with Crippen molar-refractivity contribution in [1.29, 1.82) is 0 Å². The van der Waals surface area contributed by atoms with Crippen molar-refractivity contribution in [2.75, 3.05) is 0 Å². The van der Waals surface area contributed by atoms with Gasteiger partial charge in [-0.05, 0) is 44.0 Å². The summed E-state index contributed by atoms with van der Waals surface area (Å²) in [5.74, 6) is -1.40. The van der Waals surface area contributed by atoms with Gasteiger partial charge in [0.25, 0.3) is 5.91 Å². The second kappa shape index (κ2) is 5.52. The van der Waals surface area contributed by atoms with E-state index in [0.717, 1.165) is 10.0 Å². The highest BCUT2D eigenvalue weighted by Gasteiger charge is 2.33. The summed E-state index contributed by atoms with van der Waals surface area (Å²) in [4.78, 5) is 23.2. The summed E-state index contributed by atoms with van der Waals surface area (Å²) in [6.45, 7) is 5.04. The predicted molar refractivity (Wildman–Crippen MR) is 72.7 cm³/mol. The molecule has 1 aromatic carbocycles. The standard InChI is InChI=1S/C13H16BrNO3/c1-4-13(3,12(17)18)15-11(16)10-6-5-9(14)7-8(10)2/h5-7H,4H2,1-3H3,(H,15,16)(H,17,18). The first kappa shape index (κ1) is 14.7. The van der Waals surface area contributed by atoms with Gasteiger partial charge in [0.2, 0.25) is 0 Å². The Labute approximate surface area is 115 Å². The van der Waals surface area contributed by atoms with E-state index in [-0.39, 0.29) is 5.91 Å². The Morgan fingerprint density at radius 1 is 1.44 bits per heavy atom. The number of halogens is 1. The first-order chi connectivity index (χ1) is 8.30. The summed E-state index contributed by atoms with van der Waals surface area (Å²) in [5.41, 5.74) is 0.0428. The maximum absolute atomic E-state index is 12.1. The molecule has 1 unspecified atom stereocenters. The maximum Gasteiger partial charge on any atom is 0.329 e. The highest BCUT2D eigenvalue weighted by molar-refractivity contribution is 9.10. The van der Waals surface area contributed by atoms with Crippen molar-refractivity contribution in [3.8, 4) is 0 Å². The molecular formula is C13H16BrNO3. The van der Waals surface area contributed by atoms with Crippen LogP contribution in [0.25, 0.3) is 0 Å². The molecule has 1 atom stereocenters. The molecule has 0 saturated heterocycles. The molecule has 0 aliphatic carbocycles. The third kappa shape index (κ3) is 3.10. The normalized spacial score (nSPS) is 13.8. The quantitative estimate of drug-likeness (QED) is 0.898. The van der Waals surface area contributed by atoms with Gasteiger partial charge in [-0.2, -0.15) is 0 Å².